The van der Waals surface area contributed by atoms with Gasteiger partial charge in [0, 0.05) is 19.3 Å². The highest BCUT2D eigenvalue weighted by atomic mass is 16.6. The molecule has 0 aromatic carbocycles. The summed E-state index contributed by atoms with van der Waals surface area (Å²) in [7, 11) is 0. The predicted molar refractivity (Wildman–Crippen MR) is 269 cm³/mol. The number of carbonyl (C=O) groups is 3. The normalized spacial score (nSPS) is 13.1. The van der Waals surface area contributed by atoms with Crippen LogP contribution in [-0.4, -0.2) is 37.2 Å². The SMILES string of the molecule is CC\C=C/C=C\C=C/C=C\C=C\C=C/CCCCCC(=O)OCC(COC(=O)CCCCCCC\C=C/C=C\C=C/CC)OC(=O)CCCCCCCCC/C=C\CCCCCC. The lowest BCUT2D eigenvalue weighted by atomic mass is 10.1. The maximum absolute atomic E-state index is 12.8. The number of allylic oxidation sites excluding steroid dienone is 20. The van der Waals surface area contributed by atoms with E-state index in [2.05, 4.69) is 81.5 Å². The first-order chi connectivity index (χ1) is 31.0. The van der Waals surface area contributed by atoms with Gasteiger partial charge in [0.25, 0.3) is 0 Å². The van der Waals surface area contributed by atoms with E-state index < -0.39 is 6.10 Å². The third-order valence-electron chi connectivity index (χ3n) is 10.2. The van der Waals surface area contributed by atoms with Gasteiger partial charge in [-0.3, -0.25) is 14.4 Å². The Labute approximate surface area is 386 Å². The monoisotopic (exact) mass is 871 g/mol. The van der Waals surface area contributed by atoms with Crippen LogP contribution in [-0.2, 0) is 28.6 Å². The summed E-state index contributed by atoms with van der Waals surface area (Å²) in [4.78, 5) is 38.0. The van der Waals surface area contributed by atoms with E-state index in [4.69, 9.17) is 14.2 Å². The van der Waals surface area contributed by atoms with Crippen LogP contribution in [0.5, 0.6) is 0 Å². The van der Waals surface area contributed by atoms with Crippen molar-refractivity contribution in [1.29, 1.82) is 0 Å². The van der Waals surface area contributed by atoms with Gasteiger partial charge in [0.1, 0.15) is 13.2 Å². The van der Waals surface area contributed by atoms with Gasteiger partial charge in [-0.15, -0.1) is 0 Å². The van der Waals surface area contributed by atoms with Gasteiger partial charge in [-0.25, -0.2) is 0 Å². The molecule has 354 valence electrons. The van der Waals surface area contributed by atoms with E-state index in [1.165, 1.54) is 64.2 Å². The first-order valence-electron chi connectivity index (χ1n) is 25.2. The average molecular weight is 871 g/mol. The Balaban J connectivity index is 4.54. The standard InChI is InChI=1S/C57H90O6/c1-4-7-10-13-16-19-22-25-27-28-30-32-35-38-41-44-47-50-56(59)62-53-54(52-61-55(58)49-46-43-40-37-34-31-24-21-18-15-12-9-6-3)63-57(60)51-48-45-42-39-36-33-29-26-23-20-17-14-11-8-5-2/h7,9-10,12-13,15-16,18-25,27-28,30,32,35,54H,4-6,8,11,14,17,26,29,31,33-34,36-53H2,1-3H3/b10-7-,12-9-,16-13-,18-15-,22-19-,23-20-,24-21-,27-25-,30-28+,35-32-. The summed E-state index contributed by atoms with van der Waals surface area (Å²) in [6, 6.07) is 0. The summed E-state index contributed by atoms with van der Waals surface area (Å²) < 4.78 is 16.7. The van der Waals surface area contributed by atoms with Crippen LogP contribution < -0.4 is 0 Å². The molecule has 0 aromatic rings. The molecule has 0 radical (unpaired) electrons. The Bertz CT molecular complexity index is 1370. The fraction of sp³-hybridized carbons (Fsp3) is 0.596. The molecule has 6 nitrogen and oxygen atoms in total. The minimum absolute atomic E-state index is 0.109. The molecule has 0 amide bonds. The van der Waals surface area contributed by atoms with Gasteiger partial charge in [0.05, 0.1) is 0 Å². The topological polar surface area (TPSA) is 78.9 Å². The number of esters is 3. The number of carbonyl (C=O) groups excluding carboxylic acids is 3. The lowest BCUT2D eigenvalue weighted by Gasteiger charge is -2.18. The maximum atomic E-state index is 12.8. The smallest absolute Gasteiger partial charge is 0.306 e. The van der Waals surface area contributed by atoms with E-state index >= 15 is 0 Å². The van der Waals surface area contributed by atoms with Crippen molar-refractivity contribution in [2.24, 2.45) is 0 Å². The van der Waals surface area contributed by atoms with E-state index in [-0.39, 0.29) is 31.1 Å². The third-order valence-corrected chi connectivity index (χ3v) is 10.2. The molecule has 63 heavy (non-hydrogen) atoms. The van der Waals surface area contributed by atoms with Gasteiger partial charge in [-0.2, -0.15) is 0 Å². The lowest BCUT2D eigenvalue weighted by Crippen LogP contribution is -2.30. The molecule has 0 saturated carbocycles. The summed E-state index contributed by atoms with van der Waals surface area (Å²) in [6.45, 7) is 6.27. The number of hydrogen-bond acceptors (Lipinski definition) is 6. The highest BCUT2D eigenvalue weighted by molar-refractivity contribution is 5.71. The summed E-state index contributed by atoms with van der Waals surface area (Å²) in [6.07, 6.45) is 68.9. The highest BCUT2D eigenvalue weighted by Crippen LogP contribution is 2.13. The zero-order chi connectivity index (χ0) is 45.8. The molecule has 0 saturated heterocycles. The van der Waals surface area contributed by atoms with Crippen molar-refractivity contribution in [3.63, 3.8) is 0 Å². The van der Waals surface area contributed by atoms with Crippen molar-refractivity contribution in [2.45, 2.75) is 207 Å². The molecule has 1 unspecified atom stereocenters. The van der Waals surface area contributed by atoms with Crippen molar-refractivity contribution in [1.82, 2.24) is 0 Å². The van der Waals surface area contributed by atoms with Crippen molar-refractivity contribution >= 4 is 17.9 Å². The molecule has 0 aliphatic rings. The van der Waals surface area contributed by atoms with Crippen molar-refractivity contribution in [2.75, 3.05) is 13.2 Å². The van der Waals surface area contributed by atoms with Crippen molar-refractivity contribution in [3.8, 4) is 0 Å². The fourth-order valence-corrected chi connectivity index (χ4v) is 6.41. The third kappa shape index (κ3) is 48.7. The van der Waals surface area contributed by atoms with Crippen molar-refractivity contribution < 1.29 is 28.6 Å². The van der Waals surface area contributed by atoms with Crippen molar-refractivity contribution in [3.05, 3.63) is 122 Å². The Morgan fingerprint density at radius 2 is 0.635 bits per heavy atom. The van der Waals surface area contributed by atoms with Gasteiger partial charge in [0.15, 0.2) is 6.10 Å². The lowest BCUT2D eigenvalue weighted by molar-refractivity contribution is -0.167. The zero-order valence-electron chi connectivity index (χ0n) is 40.3. The maximum Gasteiger partial charge on any atom is 0.306 e. The van der Waals surface area contributed by atoms with Gasteiger partial charge in [0.2, 0.25) is 0 Å². The minimum atomic E-state index is -0.810. The highest BCUT2D eigenvalue weighted by Gasteiger charge is 2.19. The molecular weight excluding hydrogens is 781 g/mol. The molecule has 0 spiro atoms. The van der Waals surface area contributed by atoms with E-state index in [1.54, 1.807) is 0 Å². The second-order valence-electron chi connectivity index (χ2n) is 16.2. The molecule has 0 N–H and O–H groups in total. The van der Waals surface area contributed by atoms with Crippen LogP contribution in [0.2, 0.25) is 0 Å². The molecule has 0 bridgehead atoms. The molecule has 6 heteroatoms. The molecule has 0 aliphatic heterocycles. The van der Waals surface area contributed by atoms with E-state index in [0.29, 0.717) is 19.3 Å². The second kappa shape index (κ2) is 50.5. The summed E-state index contributed by atoms with van der Waals surface area (Å²) in [5.41, 5.74) is 0. The molecule has 0 aromatic heterocycles. The summed E-state index contributed by atoms with van der Waals surface area (Å²) in [5, 5.41) is 0. The minimum Gasteiger partial charge on any atom is -0.462 e. The van der Waals surface area contributed by atoms with Crippen LogP contribution >= 0.6 is 0 Å². The first kappa shape index (κ1) is 58.8. The molecule has 0 rings (SSSR count). The first-order valence-corrected chi connectivity index (χ1v) is 25.2. The second-order valence-corrected chi connectivity index (χ2v) is 16.2. The Morgan fingerprint density at radius 3 is 1.03 bits per heavy atom. The summed E-state index contributed by atoms with van der Waals surface area (Å²) in [5.74, 6) is -0.985. The van der Waals surface area contributed by atoms with Crippen LogP contribution in [0.15, 0.2) is 122 Å². The van der Waals surface area contributed by atoms with Crippen LogP contribution in [0, 0.1) is 0 Å². The van der Waals surface area contributed by atoms with E-state index in [1.807, 2.05) is 60.8 Å². The number of unbranched alkanes of at least 4 members (excludes halogenated alkanes) is 19. The number of hydrogen-bond donors (Lipinski definition) is 0. The quantitative estimate of drug-likeness (QED) is 0.0200. The summed E-state index contributed by atoms with van der Waals surface area (Å²) >= 11 is 0. The Hall–Kier alpha value is -4.19. The van der Waals surface area contributed by atoms with E-state index in [9.17, 15) is 14.4 Å². The zero-order valence-corrected chi connectivity index (χ0v) is 40.3. The van der Waals surface area contributed by atoms with Crippen LogP contribution in [0.1, 0.15) is 201 Å². The van der Waals surface area contributed by atoms with Gasteiger partial charge in [-0.05, 0) is 83.5 Å². The Morgan fingerprint density at radius 1 is 0.333 bits per heavy atom. The molecule has 0 aliphatic carbocycles. The largest absolute Gasteiger partial charge is 0.462 e. The van der Waals surface area contributed by atoms with Crippen LogP contribution in [0.3, 0.4) is 0 Å². The van der Waals surface area contributed by atoms with Gasteiger partial charge >= 0.3 is 17.9 Å². The molecular formula is C57H90O6. The number of rotatable bonds is 43. The fourth-order valence-electron chi connectivity index (χ4n) is 6.41. The molecule has 0 fully saturated rings. The van der Waals surface area contributed by atoms with Crippen LogP contribution in [0.25, 0.3) is 0 Å². The van der Waals surface area contributed by atoms with Gasteiger partial charge < -0.3 is 14.2 Å². The average Bonchev–Trinajstić information content (AvgIpc) is 3.28. The molecule has 0 heterocycles. The number of ether oxygens (including phenoxy) is 3. The van der Waals surface area contributed by atoms with Crippen LogP contribution in [0.4, 0.5) is 0 Å². The Kier molecular flexibility index (Phi) is 47.1. The predicted octanol–water partition coefficient (Wildman–Crippen LogP) is 16.5. The van der Waals surface area contributed by atoms with Gasteiger partial charge in [-0.1, -0.05) is 219 Å². The molecule has 1 atom stereocenters. The van der Waals surface area contributed by atoms with E-state index in [0.717, 1.165) is 96.3 Å².